The van der Waals surface area contributed by atoms with Gasteiger partial charge in [0, 0.05) is 16.5 Å². The molecule has 0 radical (unpaired) electrons. The Morgan fingerprint density at radius 1 is 0.808 bits per heavy atom. The van der Waals surface area contributed by atoms with Gasteiger partial charge in [0.15, 0.2) is 0 Å². The highest BCUT2D eigenvalue weighted by Crippen LogP contribution is 2.32. The standard InChI is InChI=1S/C23H18N2O/c1-16-18-10-5-6-11-20(18)25-21-12-7-13-22(19(21)14-23(25)24-16)26-15-17-8-3-2-4-9-17/h2-14H,15H2,1H3. The second-order valence-electron chi connectivity index (χ2n) is 6.52. The SMILES string of the molecule is Cc1nc2cc3c(OCc4ccccc4)cccc3n2c2ccccc12. The molecule has 126 valence electrons. The van der Waals surface area contributed by atoms with Crippen molar-refractivity contribution in [3.63, 3.8) is 0 Å². The number of aryl methyl sites for hydroxylation is 1. The fourth-order valence-electron chi connectivity index (χ4n) is 3.59. The van der Waals surface area contributed by atoms with Crippen molar-refractivity contribution in [3.8, 4) is 5.75 Å². The van der Waals surface area contributed by atoms with Crippen molar-refractivity contribution in [3.05, 3.63) is 90.1 Å². The molecule has 0 N–H and O–H groups in total. The summed E-state index contributed by atoms with van der Waals surface area (Å²) in [5.41, 5.74) is 5.45. The van der Waals surface area contributed by atoms with Gasteiger partial charge in [0.2, 0.25) is 0 Å². The largest absolute Gasteiger partial charge is 0.488 e. The normalized spacial score (nSPS) is 11.4. The number of hydrogen-bond acceptors (Lipinski definition) is 2. The van der Waals surface area contributed by atoms with E-state index in [4.69, 9.17) is 9.72 Å². The van der Waals surface area contributed by atoms with Gasteiger partial charge < -0.3 is 4.74 Å². The number of rotatable bonds is 3. The number of para-hydroxylation sites is 1. The molecule has 0 aliphatic rings. The summed E-state index contributed by atoms with van der Waals surface area (Å²) < 4.78 is 8.35. The van der Waals surface area contributed by atoms with E-state index in [2.05, 4.69) is 59.9 Å². The molecule has 0 spiro atoms. The van der Waals surface area contributed by atoms with E-state index in [1.807, 2.05) is 30.3 Å². The average Bonchev–Trinajstić information content (AvgIpc) is 3.06. The number of hydrogen-bond donors (Lipinski definition) is 0. The maximum atomic E-state index is 6.14. The molecule has 0 aliphatic heterocycles. The van der Waals surface area contributed by atoms with Crippen LogP contribution in [0.25, 0.3) is 27.5 Å². The van der Waals surface area contributed by atoms with Gasteiger partial charge in [-0.25, -0.2) is 4.98 Å². The van der Waals surface area contributed by atoms with Crippen LogP contribution >= 0.6 is 0 Å². The van der Waals surface area contributed by atoms with Gasteiger partial charge in [-0.15, -0.1) is 0 Å². The summed E-state index contributed by atoms with van der Waals surface area (Å²) in [5, 5.41) is 2.26. The van der Waals surface area contributed by atoms with E-state index >= 15 is 0 Å². The molecule has 3 nitrogen and oxygen atoms in total. The topological polar surface area (TPSA) is 26.5 Å². The molecular weight excluding hydrogens is 320 g/mol. The van der Waals surface area contributed by atoms with E-state index in [0.29, 0.717) is 6.61 Å². The molecule has 3 aromatic carbocycles. The number of nitrogens with zero attached hydrogens (tertiary/aromatic N) is 2. The number of benzene rings is 3. The zero-order valence-electron chi connectivity index (χ0n) is 14.5. The summed E-state index contributed by atoms with van der Waals surface area (Å²) in [7, 11) is 0. The van der Waals surface area contributed by atoms with Gasteiger partial charge in [-0.1, -0.05) is 54.6 Å². The zero-order valence-corrected chi connectivity index (χ0v) is 14.5. The predicted molar refractivity (Wildman–Crippen MR) is 106 cm³/mol. The third-order valence-corrected chi connectivity index (χ3v) is 4.84. The van der Waals surface area contributed by atoms with Crippen LogP contribution in [-0.2, 0) is 6.61 Å². The van der Waals surface area contributed by atoms with Crippen molar-refractivity contribution in [1.29, 1.82) is 0 Å². The molecule has 26 heavy (non-hydrogen) atoms. The maximum Gasteiger partial charge on any atom is 0.138 e. The molecule has 3 heteroatoms. The first-order valence-corrected chi connectivity index (χ1v) is 8.77. The van der Waals surface area contributed by atoms with Crippen LogP contribution in [0, 0.1) is 6.92 Å². The molecule has 2 heterocycles. The molecule has 0 amide bonds. The Bertz CT molecular complexity index is 1240. The van der Waals surface area contributed by atoms with Crippen LogP contribution in [0.3, 0.4) is 0 Å². The fraction of sp³-hybridized carbons (Fsp3) is 0.0870. The third kappa shape index (κ3) is 2.32. The lowest BCUT2D eigenvalue weighted by molar-refractivity contribution is 0.310. The molecule has 0 aliphatic carbocycles. The van der Waals surface area contributed by atoms with E-state index in [9.17, 15) is 0 Å². The minimum Gasteiger partial charge on any atom is -0.488 e. The lowest BCUT2D eigenvalue weighted by atomic mass is 10.2. The highest BCUT2D eigenvalue weighted by atomic mass is 16.5. The molecule has 5 aromatic rings. The lowest BCUT2D eigenvalue weighted by Crippen LogP contribution is -1.96. The van der Waals surface area contributed by atoms with Crippen molar-refractivity contribution in [2.24, 2.45) is 0 Å². The maximum absolute atomic E-state index is 6.14. The van der Waals surface area contributed by atoms with Crippen LogP contribution in [0.15, 0.2) is 78.9 Å². The van der Waals surface area contributed by atoms with Gasteiger partial charge in [0.05, 0.1) is 11.0 Å². The monoisotopic (exact) mass is 338 g/mol. The summed E-state index contributed by atoms with van der Waals surface area (Å²) in [5.74, 6) is 0.888. The lowest BCUT2D eigenvalue weighted by Gasteiger charge is -2.08. The molecule has 0 fully saturated rings. The molecule has 0 unspecified atom stereocenters. The Kier molecular flexibility index (Phi) is 3.39. The number of ether oxygens (including phenoxy) is 1. The smallest absolute Gasteiger partial charge is 0.138 e. The number of aromatic nitrogens is 2. The van der Waals surface area contributed by atoms with Gasteiger partial charge in [0.1, 0.15) is 18.0 Å². The minimum absolute atomic E-state index is 0.555. The van der Waals surface area contributed by atoms with E-state index in [0.717, 1.165) is 33.6 Å². The van der Waals surface area contributed by atoms with E-state index < -0.39 is 0 Å². The summed E-state index contributed by atoms with van der Waals surface area (Å²) in [6.45, 7) is 2.62. The Hall–Kier alpha value is -3.33. The highest BCUT2D eigenvalue weighted by molar-refractivity contribution is 5.96. The van der Waals surface area contributed by atoms with Crippen LogP contribution in [-0.4, -0.2) is 9.38 Å². The Balaban J connectivity index is 1.69. The molecule has 0 atom stereocenters. The van der Waals surface area contributed by atoms with Crippen LogP contribution in [0.5, 0.6) is 5.75 Å². The third-order valence-electron chi connectivity index (χ3n) is 4.84. The fourth-order valence-corrected chi connectivity index (χ4v) is 3.59. The second kappa shape index (κ2) is 5.88. The van der Waals surface area contributed by atoms with Crippen molar-refractivity contribution in [1.82, 2.24) is 9.38 Å². The number of fused-ring (bicyclic) bond motifs is 5. The summed E-state index contributed by atoms with van der Waals surface area (Å²) in [6.07, 6.45) is 0. The van der Waals surface area contributed by atoms with Crippen LogP contribution in [0.1, 0.15) is 11.3 Å². The van der Waals surface area contributed by atoms with Gasteiger partial charge in [0.25, 0.3) is 0 Å². The molecule has 0 bridgehead atoms. The molecule has 0 saturated carbocycles. The predicted octanol–water partition coefficient (Wildman–Crippen LogP) is 5.53. The first kappa shape index (κ1) is 15.0. The van der Waals surface area contributed by atoms with E-state index in [-0.39, 0.29) is 0 Å². The van der Waals surface area contributed by atoms with Crippen molar-refractivity contribution < 1.29 is 4.74 Å². The first-order chi connectivity index (χ1) is 12.8. The Morgan fingerprint density at radius 3 is 2.42 bits per heavy atom. The summed E-state index contributed by atoms with van der Waals surface area (Å²) >= 11 is 0. The van der Waals surface area contributed by atoms with Gasteiger partial charge in [-0.05, 0) is 36.8 Å². The molecule has 5 rings (SSSR count). The average molecular weight is 338 g/mol. The van der Waals surface area contributed by atoms with Crippen molar-refractivity contribution >= 4 is 27.5 Å². The molecular formula is C23H18N2O. The van der Waals surface area contributed by atoms with Gasteiger partial charge >= 0.3 is 0 Å². The van der Waals surface area contributed by atoms with E-state index in [1.54, 1.807) is 0 Å². The minimum atomic E-state index is 0.555. The summed E-state index contributed by atoms with van der Waals surface area (Å²) in [6, 6.07) is 27.0. The molecule has 0 saturated heterocycles. The zero-order chi connectivity index (χ0) is 17.5. The summed E-state index contributed by atoms with van der Waals surface area (Å²) in [4.78, 5) is 4.81. The van der Waals surface area contributed by atoms with Gasteiger partial charge in [-0.3, -0.25) is 4.40 Å². The van der Waals surface area contributed by atoms with Crippen LogP contribution in [0.4, 0.5) is 0 Å². The van der Waals surface area contributed by atoms with Crippen molar-refractivity contribution in [2.45, 2.75) is 13.5 Å². The van der Waals surface area contributed by atoms with Gasteiger partial charge in [-0.2, -0.15) is 0 Å². The van der Waals surface area contributed by atoms with E-state index in [1.165, 1.54) is 10.9 Å². The first-order valence-electron chi connectivity index (χ1n) is 8.77. The Labute approximate surface area is 151 Å². The van der Waals surface area contributed by atoms with Crippen LogP contribution in [0.2, 0.25) is 0 Å². The van der Waals surface area contributed by atoms with Crippen molar-refractivity contribution in [2.75, 3.05) is 0 Å². The quantitative estimate of drug-likeness (QED) is 0.432. The highest BCUT2D eigenvalue weighted by Gasteiger charge is 2.12. The van der Waals surface area contributed by atoms with Crippen LogP contribution < -0.4 is 4.74 Å². The second-order valence-corrected chi connectivity index (χ2v) is 6.52. The molecule has 2 aromatic heterocycles. The Morgan fingerprint density at radius 2 is 1.54 bits per heavy atom.